The van der Waals surface area contributed by atoms with E-state index in [4.69, 9.17) is 0 Å². The van der Waals surface area contributed by atoms with E-state index in [2.05, 4.69) is 19.2 Å². The number of nitrogens with zero attached hydrogens (tertiary/aromatic N) is 1. The van der Waals surface area contributed by atoms with Crippen LogP contribution in [0.1, 0.15) is 54.3 Å². The first-order valence-corrected chi connectivity index (χ1v) is 8.72. The standard InChI is InChI=1S/C19H26N2O4/c1-12(2)10-13(3)17(23)20-9-8-14(22)11-21-18(24)15-6-4-5-7-16(15)19(21)25/h4-7,12-14,22H,8-11H2,1-3H3,(H,20,23)/t13-,14-/m0/s1. The number of hydrogen-bond acceptors (Lipinski definition) is 4. The molecular weight excluding hydrogens is 320 g/mol. The van der Waals surface area contributed by atoms with Crippen molar-refractivity contribution in [1.82, 2.24) is 10.2 Å². The summed E-state index contributed by atoms with van der Waals surface area (Å²) in [5, 5.41) is 12.9. The average Bonchev–Trinajstić information content (AvgIpc) is 2.79. The molecule has 0 spiro atoms. The zero-order chi connectivity index (χ0) is 18.6. The molecule has 2 atom stereocenters. The zero-order valence-corrected chi connectivity index (χ0v) is 15.0. The number of benzene rings is 1. The van der Waals surface area contributed by atoms with E-state index in [1.54, 1.807) is 24.3 Å². The van der Waals surface area contributed by atoms with Crippen molar-refractivity contribution in [2.75, 3.05) is 13.1 Å². The molecule has 6 heteroatoms. The van der Waals surface area contributed by atoms with Crippen LogP contribution in [0.25, 0.3) is 0 Å². The van der Waals surface area contributed by atoms with E-state index >= 15 is 0 Å². The van der Waals surface area contributed by atoms with Gasteiger partial charge in [0.25, 0.3) is 11.8 Å². The monoisotopic (exact) mass is 346 g/mol. The molecular formula is C19H26N2O4. The summed E-state index contributed by atoms with van der Waals surface area (Å²) < 4.78 is 0. The van der Waals surface area contributed by atoms with Crippen LogP contribution >= 0.6 is 0 Å². The Morgan fingerprint density at radius 3 is 2.20 bits per heavy atom. The fraction of sp³-hybridized carbons (Fsp3) is 0.526. The highest BCUT2D eigenvalue weighted by Gasteiger charge is 2.35. The molecule has 0 bridgehead atoms. The Hall–Kier alpha value is -2.21. The maximum atomic E-state index is 12.2. The smallest absolute Gasteiger partial charge is 0.261 e. The van der Waals surface area contributed by atoms with E-state index in [-0.39, 0.29) is 36.6 Å². The van der Waals surface area contributed by atoms with Gasteiger partial charge in [0.2, 0.25) is 5.91 Å². The van der Waals surface area contributed by atoms with Gasteiger partial charge < -0.3 is 10.4 Å². The number of carbonyl (C=O) groups excluding carboxylic acids is 3. The Morgan fingerprint density at radius 1 is 1.12 bits per heavy atom. The molecule has 0 saturated heterocycles. The van der Waals surface area contributed by atoms with Crippen molar-refractivity contribution < 1.29 is 19.5 Å². The molecule has 0 unspecified atom stereocenters. The summed E-state index contributed by atoms with van der Waals surface area (Å²) >= 11 is 0. The van der Waals surface area contributed by atoms with Crippen LogP contribution in [0.2, 0.25) is 0 Å². The summed E-state index contributed by atoms with van der Waals surface area (Å²) in [5.74, 6) is -0.432. The van der Waals surface area contributed by atoms with E-state index in [9.17, 15) is 19.5 Å². The summed E-state index contributed by atoms with van der Waals surface area (Å²) in [5.41, 5.74) is 0.742. The van der Waals surface area contributed by atoms with Gasteiger partial charge in [-0.1, -0.05) is 32.9 Å². The number of carbonyl (C=O) groups is 3. The van der Waals surface area contributed by atoms with Crippen LogP contribution in [0.3, 0.4) is 0 Å². The summed E-state index contributed by atoms with van der Waals surface area (Å²) in [4.78, 5) is 37.5. The van der Waals surface area contributed by atoms with Gasteiger partial charge >= 0.3 is 0 Å². The topological polar surface area (TPSA) is 86.7 Å². The van der Waals surface area contributed by atoms with Crippen LogP contribution in [0.15, 0.2) is 24.3 Å². The first kappa shape index (κ1) is 19.1. The molecule has 0 aromatic heterocycles. The predicted octanol–water partition coefficient (Wildman–Crippen LogP) is 1.83. The highest BCUT2D eigenvalue weighted by Crippen LogP contribution is 2.22. The second kappa shape index (κ2) is 8.25. The van der Waals surface area contributed by atoms with Crippen molar-refractivity contribution in [2.24, 2.45) is 11.8 Å². The Bertz CT molecular complexity index is 622. The first-order chi connectivity index (χ1) is 11.8. The van der Waals surface area contributed by atoms with Gasteiger partial charge in [0, 0.05) is 12.5 Å². The molecule has 0 aliphatic carbocycles. The van der Waals surface area contributed by atoms with Gasteiger partial charge in [0.15, 0.2) is 0 Å². The SMILES string of the molecule is CC(C)C[C@H](C)C(=O)NCC[C@H](O)CN1C(=O)c2ccccc2C1=O. The summed E-state index contributed by atoms with van der Waals surface area (Å²) in [6.45, 7) is 6.26. The summed E-state index contributed by atoms with van der Waals surface area (Å²) in [6, 6.07) is 6.63. The van der Waals surface area contributed by atoms with E-state index in [1.807, 2.05) is 6.92 Å². The third-order valence-electron chi connectivity index (χ3n) is 4.32. The minimum atomic E-state index is -0.872. The van der Waals surface area contributed by atoms with Gasteiger partial charge in [-0.25, -0.2) is 0 Å². The number of aliphatic hydroxyl groups is 1. The molecule has 6 nitrogen and oxygen atoms in total. The predicted molar refractivity (Wildman–Crippen MR) is 94.1 cm³/mol. The fourth-order valence-electron chi connectivity index (χ4n) is 3.06. The van der Waals surface area contributed by atoms with Crippen LogP contribution in [0, 0.1) is 11.8 Å². The molecule has 136 valence electrons. The Labute approximate surface area is 148 Å². The number of aliphatic hydroxyl groups excluding tert-OH is 1. The lowest BCUT2D eigenvalue weighted by molar-refractivity contribution is -0.125. The van der Waals surface area contributed by atoms with Crippen molar-refractivity contribution in [3.05, 3.63) is 35.4 Å². The van der Waals surface area contributed by atoms with Crippen LogP contribution in [0.4, 0.5) is 0 Å². The molecule has 1 heterocycles. The minimum absolute atomic E-state index is 0.0402. The van der Waals surface area contributed by atoms with Gasteiger partial charge in [-0.05, 0) is 30.9 Å². The second-order valence-corrected chi connectivity index (χ2v) is 7.03. The lowest BCUT2D eigenvalue weighted by atomic mass is 9.98. The van der Waals surface area contributed by atoms with E-state index < -0.39 is 6.10 Å². The molecule has 1 aromatic carbocycles. The summed E-state index contributed by atoms with van der Waals surface area (Å²) in [7, 11) is 0. The van der Waals surface area contributed by atoms with Gasteiger partial charge in [0.05, 0.1) is 23.8 Å². The van der Waals surface area contributed by atoms with E-state index in [1.165, 1.54) is 0 Å². The average molecular weight is 346 g/mol. The number of imide groups is 1. The number of fused-ring (bicyclic) bond motifs is 1. The van der Waals surface area contributed by atoms with Crippen LogP contribution in [0.5, 0.6) is 0 Å². The largest absolute Gasteiger partial charge is 0.391 e. The normalized spacial score (nSPS) is 16.1. The molecule has 2 N–H and O–H groups in total. The third-order valence-corrected chi connectivity index (χ3v) is 4.32. The van der Waals surface area contributed by atoms with E-state index in [0.29, 0.717) is 23.6 Å². The van der Waals surface area contributed by atoms with E-state index in [0.717, 1.165) is 11.3 Å². The van der Waals surface area contributed by atoms with Crippen molar-refractivity contribution in [3.63, 3.8) is 0 Å². The fourth-order valence-corrected chi connectivity index (χ4v) is 3.06. The molecule has 0 radical (unpaired) electrons. The molecule has 25 heavy (non-hydrogen) atoms. The van der Waals surface area contributed by atoms with Gasteiger partial charge in [-0.15, -0.1) is 0 Å². The van der Waals surface area contributed by atoms with Crippen LogP contribution in [-0.4, -0.2) is 46.9 Å². The molecule has 3 amide bonds. The minimum Gasteiger partial charge on any atom is -0.391 e. The third kappa shape index (κ3) is 4.66. The lowest BCUT2D eigenvalue weighted by Crippen LogP contribution is -2.39. The molecule has 1 aromatic rings. The van der Waals surface area contributed by atoms with Crippen LogP contribution in [-0.2, 0) is 4.79 Å². The summed E-state index contributed by atoms with van der Waals surface area (Å²) in [6.07, 6.45) is 0.222. The highest BCUT2D eigenvalue weighted by molar-refractivity contribution is 6.21. The maximum Gasteiger partial charge on any atom is 0.261 e. The zero-order valence-electron chi connectivity index (χ0n) is 15.0. The Balaban J connectivity index is 1.80. The second-order valence-electron chi connectivity index (χ2n) is 7.03. The van der Waals surface area contributed by atoms with Crippen LogP contribution < -0.4 is 5.32 Å². The van der Waals surface area contributed by atoms with Crippen molar-refractivity contribution in [3.8, 4) is 0 Å². The van der Waals surface area contributed by atoms with Crippen molar-refractivity contribution >= 4 is 17.7 Å². The molecule has 0 fully saturated rings. The van der Waals surface area contributed by atoms with Crippen molar-refractivity contribution in [2.45, 2.75) is 39.7 Å². The molecule has 1 aliphatic heterocycles. The van der Waals surface area contributed by atoms with Gasteiger partial charge in [-0.2, -0.15) is 0 Å². The highest BCUT2D eigenvalue weighted by atomic mass is 16.3. The molecule has 0 saturated carbocycles. The first-order valence-electron chi connectivity index (χ1n) is 8.72. The number of nitrogens with one attached hydrogen (secondary N) is 1. The Morgan fingerprint density at radius 2 is 1.68 bits per heavy atom. The molecule has 1 aliphatic rings. The Kier molecular flexibility index (Phi) is 6.31. The molecule has 2 rings (SSSR count). The van der Waals surface area contributed by atoms with Crippen molar-refractivity contribution in [1.29, 1.82) is 0 Å². The van der Waals surface area contributed by atoms with Gasteiger partial charge in [-0.3, -0.25) is 19.3 Å². The lowest BCUT2D eigenvalue weighted by Gasteiger charge is -2.19. The quantitative estimate of drug-likeness (QED) is 0.703. The number of amides is 3. The number of β-amino-alcohol motifs (C(OH)–C–C–N with tert-alkyl or cyclic N) is 1. The number of rotatable bonds is 8. The van der Waals surface area contributed by atoms with Gasteiger partial charge in [0.1, 0.15) is 0 Å². The maximum absolute atomic E-state index is 12.2. The number of hydrogen-bond donors (Lipinski definition) is 2.